The van der Waals surface area contributed by atoms with Crippen molar-refractivity contribution in [2.24, 2.45) is 7.05 Å². The van der Waals surface area contributed by atoms with Crippen molar-refractivity contribution >= 4 is 10.9 Å². The van der Waals surface area contributed by atoms with Gasteiger partial charge in [-0.1, -0.05) is 37.5 Å². The zero-order valence-electron chi connectivity index (χ0n) is 15.7. The van der Waals surface area contributed by atoms with Gasteiger partial charge in [0.1, 0.15) is 0 Å². The topological polar surface area (TPSA) is 29.9 Å². The summed E-state index contributed by atoms with van der Waals surface area (Å²) < 4.78 is 2.26. The first-order valence-corrected chi connectivity index (χ1v) is 10.00. The van der Waals surface area contributed by atoms with E-state index in [1.165, 1.54) is 54.1 Å². The van der Waals surface area contributed by atoms with Gasteiger partial charge in [-0.25, -0.2) is 0 Å². The highest BCUT2D eigenvalue weighted by Gasteiger charge is 2.20. The molecule has 0 spiro atoms. The predicted molar refractivity (Wildman–Crippen MR) is 108 cm³/mol. The fraction of sp³-hybridized carbons (Fsp3) is 0.435. The molecule has 1 N–H and O–H groups in total. The lowest BCUT2D eigenvalue weighted by atomic mass is 9.88. The maximum atomic E-state index is 4.22. The monoisotopic (exact) mass is 347 g/mol. The van der Waals surface area contributed by atoms with Gasteiger partial charge in [0.15, 0.2) is 0 Å². The third kappa shape index (κ3) is 3.68. The van der Waals surface area contributed by atoms with Gasteiger partial charge in [0.05, 0.1) is 0 Å². The van der Waals surface area contributed by atoms with E-state index >= 15 is 0 Å². The Morgan fingerprint density at radius 1 is 1.08 bits per heavy atom. The summed E-state index contributed by atoms with van der Waals surface area (Å²) >= 11 is 0. The van der Waals surface area contributed by atoms with Crippen molar-refractivity contribution in [2.45, 2.75) is 50.5 Å². The Morgan fingerprint density at radius 3 is 2.65 bits per heavy atom. The Balaban J connectivity index is 1.58. The molecule has 136 valence electrons. The molecule has 3 nitrogen and oxygen atoms in total. The summed E-state index contributed by atoms with van der Waals surface area (Å²) in [4.78, 5) is 4.22. The maximum Gasteiger partial charge on any atom is 0.0480 e. The van der Waals surface area contributed by atoms with E-state index in [-0.39, 0.29) is 0 Å². The highest BCUT2D eigenvalue weighted by atomic mass is 14.9. The zero-order valence-corrected chi connectivity index (χ0v) is 15.7. The minimum absolute atomic E-state index is 0.403. The van der Waals surface area contributed by atoms with E-state index in [2.05, 4.69) is 64.5 Å². The smallest absolute Gasteiger partial charge is 0.0480 e. The van der Waals surface area contributed by atoms with Crippen molar-refractivity contribution < 1.29 is 0 Å². The minimum atomic E-state index is 0.403. The third-order valence-electron chi connectivity index (χ3n) is 5.88. The molecule has 3 aromatic rings. The highest BCUT2D eigenvalue weighted by molar-refractivity contribution is 5.84. The van der Waals surface area contributed by atoms with Crippen molar-refractivity contribution in [3.05, 3.63) is 66.1 Å². The molecule has 2 aromatic heterocycles. The minimum Gasteiger partial charge on any atom is -0.350 e. The van der Waals surface area contributed by atoms with E-state index in [1.807, 2.05) is 12.4 Å². The van der Waals surface area contributed by atoms with Gasteiger partial charge in [0.2, 0.25) is 0 Å². The average molecular weight is 348 g/mol. The summed E-state index contributed by atoms with van der Waals surface area (Å²) in [6.45, 7) is 1.07. The average Bonchev–Trinajstić information content (AvgIpc) is 3.03. The molecule has 0 bridgehead atoms. The van der Waals surface area contributed by atoms with E-state index in [1.54, 1.807) is 0 Å². The van der Waals surface area contributed by atoms with Crippen molar-refractivity contribution in [3.63, 3.8) is 0 Å². The normalized spacial score (nSPS) is 16.8. The van der Waals surface area contributed by atoms with E-state index in [4.69, 9.17) is 0 Å². The Morgan fingerprint density at radius 2 is 1.85 bits per heavy atom. The van der Waals surface area contributed by atoms with Gasteiger partial charge in [0, 0.05) is 48.5 Å². The van der Waals surface area contributed by atoms with Crippen LogP contribution in [0.4, 0.5) is 0 Å². The van der Waals surface area contributed by atoms with Crippen LogP contribution in [0.3, 0.4) is 0 Å². The van der Waals surface area contributed by atoms with Crippen LogP contribution >= 0.6 is 0 Å². The van der Waals surface area contributed by atoms with E-state index < -0.39 is 0 Å². The molecule has 0 radical (unpaired) electrons. The van der Waals surface area contributed by atoms with Crippen LogP contribution in [-0.4, -0.2) is 22.1 Å². The Bertz CT molecular complexity index is 831. The van der Waals surface area contributed by atoms with Crippen LogP contribution in [0, 0.1) is 0 Å². The van der Waals surface area contributed by atoms with Crippen molar-refractivity contribution in [1.29, 1.82) is 0 Å². The number of aryl methyl sites for hydroxylation is 1. The second kappa shape index (κ2) is 8.05. The molecule has 1 aliphatic rings. The van der Waals surface area contributed by atoms with E-state index in [0.29, 0.717) is 12.0 Å². The molecule has 1 fully saturated rings. The Hall–Kier alpha value is -2.13. The summed E-state index contributed by atoms with van der Waals surface area (Å²) in [5.74, 6) is 0.403. The zero-order chi connectivity index (χ0) is 17.8. The molecule has 1 unspecified atom stereocenters. The standard InChI is InChI=1S/C23H29N3/c1-26-17-22(21-9-5-6-10-23(21)26)20(18-11-14-24-15-12-18)13-16-25-19-7-3-2-4-8-19/h5-6,9-12,14-15,17,19-20,25H,2-4,7-8,13,16H2,1H3. The van der Waals surface area contributed by atoms with Crippen molar-refractivity contribution in [1.82, 2.24) is 14.9 Å². The van der Waals surface area contributed by atoms with Gasteiger partial charge < -0.3 is 9.88 Å². The first-order chi connectivity index (χ1) is 12.8. The Labute approximate surface area is 156 Å². The molecule has 3 heteroatoms. The maximum absolute atomic E-state index is 4.22. The summed E-state index contributed by atoms with van der Waals surface area (Å²) in [5, 5.41) is 5.19. The first kappa shape index (κ1) is 17.3. The van der Waals surface area contributed by atoms with Crippen LogP contribution in [0.15, 0.2) is 55.0 Å². The van der Waals surface area contributed by atoms with Gasteiger partial charge in [0.25, 0.3) is 0 Å². The molecule has 26 heavy (non-hydrogen) atoms. The number of pyridine rings is 1. The largest absolute Gasteiger partial charge is 0.350 e. The Kier molecular flexibility index (Phi) is 5.35. The van der Waals surface area contributed by atoms with Crippen LogP contribution in [0.1, 0.15) is 55.6 Å². The van der Waals surface area contributed by atoms with Crippen LogP contribution in [0.2, 0.25) is 0 Å². The van der Waals surface area contributed by atoms with Crippen LogP contribution in [0.25, 0.3) is 10.9 Å². The SMILES string of the molecule is Cn1cc(C(CCNC2CCCCC2)c2ccncc2)c2ccccc21. The summed E-state index contributed by atoms with van der Waals surface area (Å²) in [7, 11) is 2.15. The van der Waals surface area contributed by atoms with Crippen LogP contribution in [0.5, 0.6) is 0 Å². The lowest BCUT2D eigenvalue weighted by Gasteiger charge is -2.24. The van der Waals surface area contributed by atoms with Gasteiger partial charge in [-0.3, -0.25) is 4.98 Å². The predicted octanol–water partition coefficient (Wildman–Crippen LogP) is 5.02. The lowest BCUT2D eigenvalue weighted by Crippen LogP contribution is -2.32. The molecule has 1 saturated carbocycles. The highest BCUT2D eigenvalue weighted by Crippen LogP contribution is 2.34. The molecular weight excluding hydrogens is 318 g/mol. The summed E-state index contributed by atoms with van der Waals surface area (Å²) in [6.07, 6.45) is 14.1. The van der Waals surface area contributed by atoms with Crippen molar-refractivity contribution in [3.8, 4) is 0 Å². The number of nitrogens with zero attached hydrogens (tertiary/aromatic N) is 2. The molecule has 1 aliphatic carbocycles. The van der Waals surface area contributed by atoms with Gasteiger partial charge in [-0.2, -0.15) is 0 Å². The van der Waals surface area contributed by atoms with Gasteiger partial charge in [-0.15, -0.1) is 0 Å². The molecule has 0 aliphatic heterocycles. The second-order valence-electron chi connectivity index (χ2n) is 7.62. The fourth-order valence-corrected chi connectivity index (χ4v) is 4.49. The van der Waals surface area contributed by atoms with Gasteiger partial charge >= 0.3 is 0 Å². The number of fused-ring (bicyclic) bond motifs is 1. The van der Waals surface area contributed by atoms with Crippen molar-refractivity contribution in [2.75, 3.05) is 6.54 Å². The number of rotatable bonds is 6. The number of benzene rings is 1. The molecule has 1 aromatic carbocycles. The second-order valence-corrected chi connectivity index (χ2v) is 7.62. The van der Waals surface area contributed by atoms with Crippen LogP contribution in [-0.2, 0) is 7.05 Å². The summed E-state index contributed by atoms with van der Waals surface area (Å²) in [6, 6.07) is 13.8. The number of para-hydroxylation sites is 1. The first-order valence-electron chi connectivity index (χ1n) is 10.00. The number of nitrogens with one attached hydrogen (secondary N) is 1. The van der Waals surface area contributed by atoms with Crippen LogP contribution < -0.4 is 5.32 Å². The molecule has 0 saturated heterocycles. The fourth-order valence-electron chi connectivity index (χ4n) is 4.49. The molecule has 0 amide bonds. The molecule has 4 rings (SSSR count). The third-order valence-corrected chi connectivity index (χ3v) is 5.88. The molecule has 1 atom stereocenters. The number of hydrogen-bond donors (Lipinski definition) is 1. The molecular formula is C23H29N3. The molecule has 2 heterocycles. The lowest BCUT2D eigenvalue weighted by molar-refractivity contribution is 0.370. The van der Waals surface area contributed by atoms with E-state index in [0.717, 1.165) is 13.0 Å². The van der Waals surface area contributed by atoms with E-state index in [9.17, 15) is 0 Å². The number of aromatic nitrogens is 2. The number of hydrogen-bond acceptors (Lipinski definition) is 2. The quantitative estimate of drug-likeness (QED) is 0.679. The van der Waals surface area contributed by atoms with Gasteiger partial charge in [-0.05, 0) is 55.1 Å². The summed E-state index contributed by atoms with van der Waals surface area (Å²) in [5.41, 5.74) is 4.10.